The van der Waals surface area contributed by atoms with Crippen molar-refractivity contribution in [2.45, 2.75) is 45.4 Å². The third kappa shape index (κ3) is 14.6. The zero-order valence-electron chi connectivity index (χ0n) is 14.7. The van der Waals surface area contributed by atoms with Crippen LogP contribution in [0.3, 0.4) is 0 Å². The molecule has 0 N–H and O–H groups in total. The lowest BCUT2D eigenvalue weighted by Gasteiger charge is -2.29. The van der Waals surface area contributed by atoms with E-state index in [-0.39, 0.29) is 17.2 Å². The molecule has 0 saturated heterocycles. The predicted octanol–water partition coefficient (Wildman–Crippen LogP) is 2.57. The van der Waals surface area contributed by atoms with E-state index in [0.717, 1.165) is 32.1 Å². The number of rotatable bonds is 13. The number of unbranched alkanes of at least 4 members (excludes halogenated alkanes) is 5. The lowest BCUT2D eigenvalue weighted by molar-refractivity contribution is -1.04. The van der Waals surface area contributed by atoms with Gasteiger partial charge in [0, 0.05) is 5.57 Å². The molecule has 136 valence electrons. The molecule has 0 bridgehead atoms. The minimum atomic E-state index is -4.24. The molecule has 0 radical (unpaired) electrons. The van der Waals surface area contributed by atoms with Crippen LogP contribution in [-0.2, 0) is 23.2 Å². The standard InChI is InChI=1S/C15H30NO6P/c1-14(2)15(17)20-12-10-8-6-7-9-11-13-21-23(18,19)22-16(3,4)5/h1,6-13H2,2-5H3. The number of phosphoric ester groups is 1. The zero-order valence-corrected chi connectivity index (χ0v) is 15.6. The normalized spacial score (nSPS) is 14.3. The minimum absolute atomic E-state index is 0.136. The van der Waals surface area contributed by atoms with E-state index < -0.39 is 7.82 Å². The molecule has 0 aromatic rings. The lowest BCUT2D eigenvalue weighted by atomic mass is 10.1. The van der Waals surface area contributed by atoms with Gasteiger partial charge in [0.25, 0.3) is 0 Å². The van der Waals surface area contributed by atoms with E-state index in [4.69, 9.17) is 13.9 Å². The maximum Gasteiger partial charge on any atom is 0.333 e. The fraction of sp³-hybridized carbons (Fsp3) is 0.800. The number of nitrogens with zero attached hydrogens (tertiary/aromatic N) is 1. The van der Waals surface area contributed by atoms with Gasteiger partial charge in [-0.3, -0.25) is 4.57 Å². The average molecular weight is 351 g/mol. The second-order valence-corrected chi connectivity index (χ2v) is 7.60. The lowest BCUT2D eigenvalue weighted by Crippen LogP contribution is -2.35. The molecule has 0 aromatic heterocycles. The van der Waals surface area contributed by atoms with Crippen LogP contribution in [0.25, 0.3) is 0 Å². The molecule has 0 rings (SSSR count). The molecule has 0 aliphatic rings. The van der Waals surface area contributed by atoms with Crippen LogP contribution in [0.5, 0.6) is 0 Å². The Morgan fingerprint density at radius 3 is 2.00 bits per heavy atom. The first-order valence-corrected chi connectivity index (χ1v) is 9.30. The summed E-state index contributed by atoms with van der Waals surface area (Å²) >= 11 is 0. The second-order valence-electron chi connectivity index (χ2n) is 6.29. The van der Waals surface area contributed by atoms with Crippen molar-refractivity contribution in [2.24, 2.45) is 0 Å². The first-order valence-electron chi connectivity index (χ1n) is 7.84. The Kier molecular flexibility index (Phi) is 10.6. The summed E-state index contributed by atoms with van der Waals surface area (Å²) in [6, 6.07) is 0. The maximum absolute atomic E-state index is 11.5. The van der Waals surface area contributed by atoms with E-state index in [1.165, 1.54) is 0 Å². The van der Waals surface area contributed by atoms with Gasteiger partial charge >= 0.3 is 13.8 Å². The molecule has 0 aromatic carbocycles. The van der Waals surface area contributed by atoms with Gasteiger partial charge in [-0.2, -0.15) is 4.65 Å². The van der Waals surface area contributed by atoms with Gasteiger partial charge in [0.2, 0.25) is 0 Å². The number of hydrogen-bond donors (Lipinski definition) is 0. The van der Waals surface area contributed by atoms with E-state index in [0.29, 0.717) is 18.6 Å². The van der Waals surface area contributed by atoms with Crippen molar-refractivity contribution < 1.29 is 32.8 Å². The Hall–Kier alpha value is -0.720. The summed E-state index contributed by atoms with van der Waals surface area (Å²) in [6.45, 7) is 5.68. The van der Waals surface area contributed by atoms with Gasteiger partial charge in [-0.05, 0) is 19.8 Å². The Balaban J connectivity index is 3.48. The summed E-state index contributed by atoms with van der Waals surface area (Å²) in [7, 11) is 0.561. The number of ether oxygens (including phenoxy) is 1. The molecular formula is C15H30NO6P. The van der Waals surface area contributed by atoms with Crippen LogP contribution in [0.4, 0.5) is 0 Å². The van der Waals surface area contributed by atoms with Crippen molar-refractivity contribution in [3.8, 4) is 0 Å². The minimum Gasteiger partial charge on any atom is -0.752 e. The van der Waals surface area contributed by atoms with Crippen LogP contribution in [0.1, 0.15) is 45.4 Å². The number of hydrogen-bond acceptors (Lipinski definition) is 6. The summed E-state index contributed by atoms with van der Waals surface area (Å²) in [6.07, 6.45) is 5.33. The van der Waals surface area contributed by atoms with Crippen molar-refractivity contribution in [1.82, 2.24) is 0 Å². The molecule has 0 aliphatic heterocycles. The third-order valence-electron chi connectivity index (χ3n) is 2.71. The molecule has 0 spiro atoms. The number of esters is 1. The van der Waals surface area contributed by atoms with E-state index >= 15 is 0 Å². The second kappa shape index (κ2) is 10.9. The Morgan fingerprint density at radius 2 is 1.52 bits per heavy atom. The zero-order chi connectivity index (χ0) is 17.9. The molecule has 7 nitrogen and oxygen atoms in total. The number of hydroxylamine groups is 3. The molecule has 0 heterocycles. The number of quaternary nitrogens is 1. The van der Waals surface area contributed by atoms with Gasteiger partial charge in [0.15, 0.2) is 0 Å². The highest BCUT2D eigenvalue weighted by molar-refractivity contribution is 7.45. The summed E-state index contributed by atoms with van der Waals surface area (Å²) in [5.41, 5.74) is 0.412. The highest BCUT2D eigenvalue weighted by Crippen LogP contribution is 2.40. The van der Waals surface area contributed by atoms with Gasteiger partial charge < -0.3 is 14.2 Å². The molecule has 23 heavy (non-hydrogen) atoms. The predicted molar refractivity (Wildman–Crippen MR) is 86.2 cm³/mol. The summed E-state index contributed by atoms with van der Waals surface area (Å²) < 4.78 is 25.9. The van der Waals surface area contributed by atoms with Crippen LogP contribution < -0.4 is 4.89 Å². The summed E-state index contributed by atoms with van der Waals surface area (Å²) in [4.78, 5) is 22.6. The third-order valence-corrected chi connectivity index (χ3v) is 3.90. The van der Waals surface area contributed by atoms with Crippen LogP contribution in [-0.4, -0.2) is 45.0 Å². The van der Waals surface area contributed by atoms with E-state index in [1.54, 1.807) is 28.1 Å². The molecule has 1 unspecified atom stereocenters. The van der Waals surface area contributed by atoms with Gasteiger partial charge in [0.05, 0.1) is 34.4 Å². The Labute approximate surface area is 139 Å². The summed E-state index contributed by atoms with van der Waals surface area (Å²) in [5, 5.41) is 0. The first-order chi connectivity index (χ1) is 10.5. The van der Waals surface area contributed by atoms with Crippen molar-refractivity contribution >= 4 is 13.8 Å². The number of carbonyl (C=O) groups is 1. The van der Waals surface area contributed by atoms with Gasteiger partial charge in [-0.25, -0.2) is 4.79 Å². The average Bonchev–Trinajstić information content (AvgIpc) is 2.37. The van der Waals surface area contributed by atoms with E-state index in [9.17, 15) is 14.3 Å². The van der Waals surface area contributed by atoms with Crippen molar-refractivity contribution in [3.05, 3.63) is 12.2 Å². The van der Waals surface area contributed by atoms with Crippen molar-refractivity contribution in [1.29, 1.82) is 0 Å². The first kappa shape index (κ1) is 22.3. The van der Waals surface area contributed by atoms with Gasteiger partial charge in [0.1, 0.15) is 0 Å². The van der Waals surface area contributed by atoms with E-state index in [1.807, 2.05) is 0 Å². The van der Waals surface area contributed by atoms with Crippen LogP contribution in [0, 0.1) is 0 Å². The molecule has 0 aliphatic carbocycles. The van der Waals surface area contributed by atoms with Gasteiger partial charge in [-0.1, -0.05) is 32.3 Å². The van der Waals surface area contributed by atoms with Crippen LogP contribution in [0.15, 0.2) is 12.2 Å². The molecule has 0 amide bonds. The molecular weight excluding hydrogens is 321 g/mol. The largest absolute Gasteiger partial charge is 0.752 e. The SMILES string of the molecule is C=C(C)C(=O)OCCCCCCCCOP(=O)([O-])O[N+](C)(C)C. The number of phosphoric acid groups is 1. The topological polar surface area (TPSA) is 84.9 Å². The highest BCUT2D eigenvalue weighted by atomic mass is 31.2. The van der Waals surface area contributed by atoms with Crippen molar-refractivity contribution in [3.63, 3.8) is 0 Å². The fourth-order valence-corrected chi connectivity index (χ4v) is 2.70. The molecule has 0 saturated carbocycles. The van der Waals surface area contributed by atoms with Crippen molar-refractivity contribution in [2.75, 3.05) is 34.4 Å². The molecule has 1 atom stereocenters. The van der Waals surface area contributed by atoms with E-state index in [2.05, 4.69) is 6.58 Å². The molecule has 8 heteroatoms. The van der Waals surface area contributed by atoms with Crippen LogP contribution in [0.2, 0.25) is 0 Å². The highest BCUT2D eigenvalue weighted by Gasteiger charge is 2.20. The Morgan fingerprint density at radius 1 is 1.04 bits per heavy atom. The molecule has 0 fully saturated rings. The van der Waals surface area contributed by atoms with Gasteiger partial charge in [-0.15, -0.1) is 4.62 Å². The smallest absolute Gasteiger partial charge is 0.333 e. The maximum atomic E-state index is 11.5. The monoisotopic (exact) mass is 351 g/mol. The number of carbonyl (C=O) groups excluding carboxylic acids is 1. The fourth-order valence-electron chi connectivity index (χ4n) is 1.70. The summed E-state index contributed by atoms with van der Waals surface area (Å²) in [5.74, 6) is -0.347. The van der Waals surface area contributed by atoms with Crippen LogP contribution >= 0.6 is 7.82 Å². The Bertz CT molecular complexity index is 419. The quantitative estimate of drug-likeness (QED) is 0.127.